The molecule has 4 nitrogen and oxygen atoms in total. The number of benzene rings is 1. The number of carbonyl (C=O) groups excluding carboxylic acids is 2. The first kappa shape index (κ1) is 43.0. The Kier molecular flexibility index (Phi) is 20.5. The molecule has 0 bridgehead atoms. The zero-order chi connectivity index (χ0) is 34.4. The molecule has 0 aliphatic carbocycles. The van der Waals surface area contributed by atoms with E-state index in [0.29, 0.717) is 11.1 Å². The maximum absolute atomic E-state index is 14.1. The van der Waals surface area contributed by atoms with Crippen molar-refractivity contribution in [3.05, 3.63) is 35.4 Å². The molecule has 1 rings (SSSR count). The van der Waals surface area contributed by atoms with Crippen molar-refractivity contribution < 1.29 is 18.6 Å². The van der Waals surface area contributed by atoms with Gasteiger partial charge in [0.15, 0.2) is 0 Å². The fraction of sp³-hybridized carbons (Fsp3) is 0.800. The second kappa shape index (κ2) is 21.9. The predicted molar refractivity (Wildman–Crippen MR) is 209 cm³/mol. The Bertz CT molecular complexity index is 823. The number of hydrogen-bond donors (Lipinski definition) is 0. The maximum atomic E-state index is 14.1. The van der Waals surface area contributed by atoms with Crippen molar-refractivity contribution in [3.8, 4) is 0 Å². The Balaban J connectivity index is 3.50. The van der Waals surface area contributed by atoms with Crippen LogP contribution in [0.5, 0.6) is 0 Å². The molecule has 0 fully saturated rings. The normalized spacial score (nSPS) is 13.8. The van der Waals surface area contributed by atoms with Gasteiger partial charge in [-0.15, -0.1) is 0 Å². The van der Waals surface area contributed by atoms with E-state index in [1.165, 1.54) is 0 Å². The van der Waals surface area contributed by atoms with Gasteiger partial charge in [-0.3, -0.25) is 0 Å². The predicted octanol–water partition coefficient (Wildman–Crippen LogP) is 13.3. The Morgan fingerprint density at radius 2 is 0.565 bits per heavy atom. The molecule has 0 saturated carbocycles. The molecule has 270 valence electrons. The SMILES string of the molecule is CCCCP(CCCC)(CCCC)(CCCC)OC(=O)c1ccc(C(=O)OP(CCCC)(CCCC)(CCCC)CCCC)cc1. The summed E-state index contributed by atoms with van der Waals surface area (Å²) in [5.41, 5.74) is 1.14. The van der Waals surface area contributed by atoms with Gasteiger partial charge in [-0.2, -0.15) is 0 Å². The fourth-order valence-corrected chi connectivity index (χ4v) is 21.0. The molecule has 46 heavy (non-hydrogen) atoms. The Morgan fingerprint density at radius 1 is 0.391 bits per heavy atom. The van der Waals surface area contributed by atoms with Crippen LogP contribution in [0, 0.1) is 0 Å². The van der Waals surface area contributed by atoms with Crippen molar-refractivity contribution in [2.24, 2.45) is 0 Å². The summed E-state index contributed by atoms with van der Waals surface area (Å²) in [5.74, 6) is -0.373. The van der Waals surface area contributed by atoms with Crippen molar-refractivity contribution in [1.29, 1.82) is 0 Å². The first-order valence-electron chi connectivity index (χ1n) is 19.7. The molecule has 0 aliphatic heterocycles. The van der Waals surface area contributed by atoms with Crippen LogP contribution in [-0.2, 0) is 9.05 Å². The molecule has 0 radical (unpaired) electrons. The van der Waals surface area contributed by atoms with Crippen molar-refractivity contribution >= 4 is 25.6 Å². The van der Waals surface area contributed by atoms with Gasteiger partial charge >= 0.3 is 287 Å². The van der Waals surface area contributed by atoms with Gasteiger partial charge in [-0.1, -0.05) is 0 Å². The van der Waals surface area contributed by atoms with Gasteiger partial charge in [-0.05, 0) is 0 Å². The average Bonchev–Trinajstić information content (AvgIpc) is 3.08. The van der Waals surface area contributed by atoms with E-state index in [1.807, 2.05) is 24.3 Å². The molecular weight excluding hydrogens is 606 g/mol. The number of carbonyl (C=O) groups is 2. The number of hydrogen-bond acceptors (Lipinski definition) is 4. The summed E-state index contributed by atoms with van der Waals surface area (Å²) in [6, 6.07) is 7.31. The van der Waals surface area contributed by atoms with E-state index in [9.17, 15) is 9.59 Å². The van der Waals surface area contributed by atoms with Crippen LogP contribution in [0.4, 0.5) is 0 Å². The van der Waals surface area contributed by atoms with E-state index in [4.69, 9.17) is 9.05 Å². The second-order valence-electron chi connectivity index (χ2n) is 14.7. The molecule has 6 heteroatoms. The van der Waals surface area contributed by atoms with E-state index < -0.39 is 13.7 Å². The Labute approximate surface area is 286 Å². The minimum absolute atomic E-state index is 0.187. The molecule has 0 aliphatic rings. The summed E-state index contributed by atoms with van der Waals surface area (Å²) < 4.78 is 14.0. The van der Waals surface area contributed by atoms with Crippen LogP contribution < -0.4 is 0 Å². The van der Waals surface area contributed by atoms with Crippen molar-refractivity contribution in [2.75, 3.05) is 49.3 Å². The molecule has 1 aromatic rings. The topological polar surface area (TPSA) is 52.6 Å². The quantitative estimate of drug-likeness (QED) is 0.0826. The average molecular weight is 683 g/mol. The van der Waals surface area contributed by atoms with Gasteiger partial charge in [0, 0.05) is 0 Å². The monoisotopic (exact) mass is 683 g/mol. The van der Waals surface area contributed by atoms with E-state index in [2.05, 4.69) is 55.4 Å². The molecule has 0 atom stereocenters. The third-order valence-electron chi connectivity index (χ3n) is 10.7. The van der Waals surface area contributed by atoms with Crippen LogP contribution in [0.25, 0.3) is 0 Å². The van der Waals surface area contributed by atoms with Crippen LogP contribution in [0.2, 0.25) is 0 Å². The zero-order valence-electron chi connectivity index (χ0n) is 31.8. The minimum atomic E-state index is -2.74. The summed E-state index contributed by atoms with van der Waals surface area (Å²) in [6.07, 6.45) is 26.3. The van der Waals surface area contributed by atoms with E-state index >= 15 is 0 Å². The molecule has 0 aromatic heterocycles. The molecule has 0 unspecified atom stereocenters. The van der Waals surface area contributed by atoms with E-state index in [-0.39, 0.29) is 11.9 Å². The van der Waals surface area contributed by atoms with Gasteiger partial charge in [-0.25, -0.2) is 0 Å². The Hall–Kier alpha value is -0.980. The first-order valence-corrected chi connectivity index (χ1v) is 25.5. The van der Waals surface area contributed by atoms with Gasteiger partial charge in [0.1, 0.15) is 0 Å². The van der Waals surface area contributed by atoms with E-state index in [1.54, 1.807) is 0 Å². The summed E-state index contributed by atoms with van der Waals surface area (Å²) in [4.78, 5) is 28.1. The molecule has 0 saturated heterocycles. The molecule has 0 N–H and O–H groups in total. The fourth-order valence-electron chi connectivity index (χ4n) is 7.49. The second-order valence-corrected chi connectivity index (χ2v) is 26.0. The molecule has 1 aromatic carbocycles. The van der Waals surface area contributed by atoms with Gasteiger partial charge in [0.25, 0.3) is 0 Å². The summed E-state index contributed by atoms with van der Waals surface area (Å²) in [6.45, 7) is 12.5. The molecular formula is C40H76O4P2. The van der Waals surface area contributed by atoms with Gasteiger partial charge in [0.05, 0.1) is 0 Å². The van der Waals surface area contributed by atoms with Gasteiger partial charge in [0.2, 0.25) is 0 Å². The third-order valence-corrected chi connectivity index (χ3v) is 23.6. The van der Waals surface area contributed by atoms with Crippen LogP contribution in [0.1, 0.15) is 179 Å². The molecule has 0 spiro atoms. The molecule has 0 amide bonds. The van der Waals surface area contributed by atoms with Crippen LogP contribution in [0.3, 0.4) is 0 Å². The summed E-state index contributed by atoms with van der Waals surface area (Å²) in [5, 5.41) is 0. The summed E-state index contributed by atoms with van der Waals surface area (Å²) in [7, 11) is 0. The van der Waals surface area contributed by atoms with E-state index in [0.717, 1.165) is 152 Å². The Morgan fingerprint density at radius 3 is 0.717 bits per heavy atom. The first-order chi connectivity index (χ1) is 22.1. The number of rotatable bonds is 28. The van der Waals surface area contributed by atoms with Crippen molar-refractivity contribution in [2.45, 2.75) is 158 Å². The molecule has 0 heterocycles. The zero-order valence-corrected chi connectivity index (χ0v) is 33.6. The van der Waals surface area contributed by atoms with Crippen molar-refractivity contribution in [3.63, 3.8) is 0 Å². The standard InChI is InChI=1S/C40H76O4P2/c1-9-17-29-45(30-18-10-2,31-19-11-3,32-20-12-4)43-39(41)37-25-27-38(28-26-37)40(42)44-46(33-21-13-5,34-22-14-6,35-23-15-7)36-24-16-8/h25-28H,9-24,29-36H2,1-8H3. The van der Waals surface area contributed by atoms with Crippen LogP contribution >= 0.6 is 13.7 Å². The third kappa shape index (κ3) is 12.8. The van der Waals surface area contributed by atoms with Gasteiger partial charge < -0.3 is 0 Å². The van der Waals surface area contributed by atoms with Crippen LogP contribution in [0.15, 0.2) is 24.3 Å². The van der Waals surface area contributed by atoms with Crippen molar-refractivity contribution in [1.82, 2.24) is 0 Å². The summed E-state index contributed by atoms with van der Waals surface area (Å²) >= 11 is 0. The number of unbranched alkanes of at least 4 members (excludes halogenated alkanes) is 8. The van der Waals surface area contributed by atoms with Crippen LogP contribution in [-0.4, -0.2) is 61.2 Å².